The maximum absolute atomic E-state index is 12.8. The quantitative estimate of drug-likeness (QED) is 0.838. The molecule has 0 spiro atoms. The SMILES string of the molecule is CN(CCc1ccc(F)cc1)C(=O)CNCC1CC1.Cl. The summed E-state index contributed by atoms with van der Waals surface area (Å²) in [6, 6.07) is 6.43. The van der Waals surface area contributed by atoms with Gasteiger partial charge in [-0.1, -0.05) is 12.1 Å². The summed E-state index contributed by atoms with van der Waals surface area (Å²) in [5, 5.41) is 3.19. The van der Waals surface area contributed by atoms with E-state index in [9.17, 15) is 9.18 Å². The highest BCUT2D eigenvalue weighted by Gasteiger charge is 2.20. The van der Waals surface area contributed by atoms with Crippen molar-refractivity contribution in [2.45, 2.75) is 19.3 Å². The van der Waals surface area contributed by atoms with Gasteiger partial charge in [0.15, 0.2) is 0 Å². The highest BCUT2D eigenvalue weighted by Crippen LogP contribution is 2.27. The van der Waals surface area contributed by atoms with Gasteiger partial charge in [-0.2, -0.15) is 0 Å². The molecule has 0 radical (unpaired) electrons. The molecule has 0 heterocycles. The summed E-state index contributed by atoms with van der Waals surface area (Å²) in [6.45, 7) is 2.03. The molecule has 1 aliphatic rings. The van der Waals surface area contributed by atoms with Crippen LogP contribution in [0.2, 0.25) is 0 Å². The summed E-state index contributed by atoms with van der Waals surface area (Å²) < 4.78 is 12.8. The molecular formula is C15H22ClFN2O. The minimum Gasteiger partial charge on any atom is -0.344 e. The lowest BCUT2D eigenvalue weighted by Crippen LogP contribution is -2.37. The van der Waals surface area contributed by atoms with Crippen LogP contribution < -0.4 is 5.32 Å². The average molecular weight is 301 g/mol. The molecule has 0 aliphatic heterocycles. The lowest BCUT2D eigenvalue weighted by Gasteiger charge is -2.17. The second-order valence-corrected chi connectivity index (χ2v) is 5.27. The molecule has 0 unspecified atom stereocenters. The van der Waals surface area contributed by atoms with E-state index in [1.54, 1.807) is 17.0 Å². The number of rotatable bonds is 7. The van der Waals surface area contributed by atoms with Crippen molar-refractivity contribution in [1.29, 1.82) is 0 Å². The van der Waals surface area contributed by atoms with Crippen LogP contribution in [-0.2, 0) is 11.2 Å². The van der Waals surface area contributed by atoms with Crippen LogP contribution in [-0.4, -0.2) is 37.5 Å². The fraction of sp³-hybridized carbons (Fsp3) is 0.533. The Hall–Kier alpha value is -1.13. The van der Waals surface area contributed by atoms with E-state index in [4.69, 9.17) is 0 Å². The molecule has 112 valence electrons. The molecule has 3 nitrogen and oxygen atoms in total. The van der Waals surface area contributed by atoms with Gasteiger partial charge in [0, 0.05) is 13.6 Å². The second kappa shape index (κ2) is 8.22. The minimum atomic E-state index is -0.225. The number of carbonyl (C=O) groups is 1. The van der Waals surface area contributed by atoms with Gasteiger partial charge in [0.05, 0.1) is 6.54 Å². The monoisotopic (exact) mass is 300 g/mol. The van der Waals surface area contributed by atoms with Crippen molar-refractivity contribution in [3.8, 4) is 0 Å². The zero-order valence-electron chi connectivity index (χ0n) is 11.8. The van der Waals surface area contributed by atoms with Gasteiger partial charge in [-0.3, -0.25) is 4.79 Å². The van der Waals surface area contributed by atoms with Crippen molar-refractivity contribution in [3.05, 3.63) is 35.6 Å². The molecule has 1 aromatic rings. The number of halogens is 2. The zero-order valence-corrected chi connectivity index (χ0v) is 12.6. The third kappa shape index (κ3) is 5.88. The molecule has 1 saturated carbocycles. The van der Waals surface area contributed by atoms with E-state index >= 15 is 0 Å². The summed E-state index contributed by atoms with van der Waals surface area (Å²) in [4.78, 5) is 13.5. The Balaban J connectivity index is 0.00000200. The highest BCUT2D eigenvalue weighted by molar-refractivity contribution is 5.85. The second-order valence-electron chi connectivity index (χ2n) is 5.27. The number of benzene rings is 1. The lowest BCUT2D eigenvalue weighted by molar-refractivity contribution is -0.128. The number of nitrogens with zero attached hydrogens (tertiary/aromatic N) is 1. The third-order valence-electron chi connectivity index (χ3n) is 3.48. The van der Waals surface area contributed by atoms with Gasteiger partial charge in [-0.15, -0.1) is 12.4 Å². The van der Waals surface area contributed by atoms with Crippen molar-refractivity contribution in [1.82, 2.24) is 10.2 Å². The fourth-order valence-electron chi connectivity index (χ4n) is 1.91. The molecule has 0 atom stereocenters. The summed E-state index contributed by atoms with van der Waals surface area (Å²) >= 11 is 0. The summed E-state index contributed by atoms with van der Waals surface area (Å²) in [7, 11) is 1.81. The van der Waals surface area contributed by atoms with Gasteiger partial charge in [0.1, 0.15) is 5.82 Å². The Morgan fingerprint density at radius 3 is 2.60 bits per heavy atom. The molecular weight excluding hydrogens is 279 g/mol. The maximum Gasteiger partial charge on any atom is 0.236 e. The van der Waals surface area contributed by atoms with Gasteiger partial charge in [0.2, 0.25) is 5.91 Å². The average Bonchev–Trinajstić information content (AvgIpc) is 3.21. The van der Waals surface area contributed by atoms with E-state index in [0.29, 0.717) is 13.1 Å². The van der Waals surface area contributed by atoms with E-state index in [0.717, 1.165) is 24.4 Å². The molecule has 1 aromatic carbocycles. The van der Waals surface area contributed by atoms with Gasteiger partial charge < -0.3 is 10.2 Å². The molecule has 1 aliphatic carbocycles. The largest absolute Gasteiger partial charge is 0.344 e. The Labute approximate surface area is 125 Å². The molecule has 1 fully saturated rings. The van der Waals surface area contributed by atoms with Gasteiger partial charge in [-0.05, 0) is 49.4 Å². The Morgan fingerprint density at radius 1 is 1.35 bits per heavy atom. The first-order valence-corrected chi connectivity index (χ1v) is 6.84. The van der Waals surface area contributed by atoms with E-state index in [1.165, 1.54) is 25.0 Å². The molecule has 5 heteroatoms. The highest BCUT2D eigenvalue weighted by atomic mass is 35.5. The minimum absolute atomic E-state index is 0. The zero-order chi connectivity index (χ0) is 13.7. The third-order valence-corrected chi connectivity index (χ3v) is 3.48. The van der Waals surface area contributed by atoms with Crippen LogP contribution in [0.25, 0.3) is 0 Å². The number of hydrogen-bond acceptors (Lipinski definition) is 2. The summed E-state index contributed by atoms with van der Waals surface area (Å²) in [5.41, 5.74) is 1.05. The van der Waals surface area contributed by atoms with Crippen molar-refractivity contribution in [2.24, 2.45) is 5.92 Å². The van der Waals surface area contributed by atoms with Crippen molar-refractivity contribution < 1.29 is 9.18 Å². The Kier molecular flexibility index (Phi) is 6.96. The van der Waals surface area contributed by atoms with Crippen LogP contribution in [0.1, 0.15) is 18.4 Å². The predicted octanol–water partition coefficient (Wildman–Crippen LogP) is 2.25. The number of amides is 1. The van der Waals surface area contributed by atoms with Crippen LogP contribution in [0, 0.1) is 11.7 Å². The van der Waals surface area contributed by atoms with Gasteiger partial charge >= 0.3 is 0 Å². The topological polar surface area (TPSA) is 32.3 Å². The van der Waals surface area contributed by atoms with Crippen molar-refractivity contribution in [3.63, 3.8) is 0 Å². The summed E-state index contributed by atoms with van der Waals surface area (Å²) in [5.74, 6) is 0.678. The van der Waals surface area contributed by atoms with Gasteiger partial charge in [0.25, 0.3) is 0 Å². The predicted molar refractivity (Wildman–Crippen MR) is 80.6 cm³/mol. The smallest absolute Gasteiger partial charge is 0.236 e. The van der Waals surface area contributed by atoms with E-state index in [2.05, 4.69) is 5.32 Å². The molecule has 20 heavy (non-hydrogen) atoms. The molecule has 0 aromatic heterocycles. The molecule has 2 rings (SSSR count). The van der Waals surface area contributed by atoms with Crippen LogP contribution in [0.4, 0.5) is 4.39 Å². The Bertz CT molecular complexity index is 420. The van der Waals surface area contributed by atoms with E-state index in [1.807, 2.05) is 7.05 Å². The first-order chi connectivity index (χ1) is 9.15. The van der Waals surface area contributed by atoms with Crippen molar-refractivity contribution >= 4 is 18.3 Å². The maximum atomic E-state index is 12.8. The number of hydrogen-bond donors (Lipinski definition) is 1. The standard InChI is InChI=1S/C15H21FN2O.ClH/c1-18(15(19)11-17-10-13-2-3-13)9-8-12-4-6-14(16)7-5-12;/h4-7,13,17H,2-3,8-11H2,1H3;1H. The van der Waals surface area contributed by atoms with Crippen LogP contribution in [0.5, 0.6) is 0 Å². The van der Waals surface area contributed by atoms with Crippen LogP contribution in [0.3, 0.4) is 0 Å². The molecule has 0 saturated heterocycles. The Morgan fingerprint density at radius 2 is 2.00 bits per heavy atom. The fourth-order valence-corrected chi connectivity index (χ4v) is 1.91. The first-order valence-electron chi connectivity index (χ1n) is 6.84. The van der Waals surface area contributed by atoms with Gasteiger partial charge in [-0.25, -0.2) is 4.39 Å². The molecule has 1 N–H and O–H groups in total. The van der Waals surface area contributed by atoms with Crippen molar-refractivity contribution in [2.75, 3.05) is 26.7 Å². The van der Waals surface area contributed by atoms with Crippen LogP contribution in [0.15, 0.2) is 24.3 Å². The number of nitrogens with one attached hydrogen (secondary N) is 1. The number of likely N-dealkylation sites (N-methyl/N-ethyl adjacent to an activating group) is 1. The van der Waals surface area contributed by atoms with E-state index < -0.39 is 0 Å². The van der Waals surface area contributed by atoms with E-state index in [-0.39, 0.29) is 24.1 Å². The molecule has 0 bridgehead atoms. The number of carbonyl (C=O) groups excluding carboxylic acids is 1. The first kappa shape index (κ1) is 16.9. The molecule has 1 amide bonds. The van der Waals surface area contributed by atoms with Crippen LogP contribution >= 0.6 is 12.4 Å². The summed E-state index contributed by atoms with van der Waals surface area (Å²) in [6.07, 6.45) is 3.34. The normalized spacial score (nSPS) is 13.7. The lowest BCUT2D eigenvalue weighted by atomic mass is 10.1.